The first-order chi connectivity index (χ1) is 14.2. The van der Waals surface area contributed by atoms with Crippen molar-refractivity contribution in [3.05, 3.63) is 36.4 Å². The predicted octanol–water partition coefficient (Wildman–Crippen LogP) is 3.05. The van der Waals surface area contributed by atoms with E-state index >= 15 is 0 Å². The van der Waals surface area contributed by atoms with Gasteiger partial charge in [-0.2, -0.15) is 10.1 Å². The van der Waals surface area contributed by atoms with Gasteiger partial charge in [-0.25, -0.2) is 14.5 Å². The van der Waals surface area contributed by atoms with E-state index in [1.807, 2.05) is 35.4 Å². The van der Waals surface area contributed by atoms with Gasteiger partial charge < -0.3 is 15.2 Å². The fraction of sp³-hybridized carbons (Fsp3) is 0.429. The number of anilines is 1. The zero-order valence-electron chi connectivity index (χ0n) is 16.5. The van der Waals surface area contributed by atoms with Crippen LogP contribution in [0.3, 0.4) is 0 Å². The van der Waals surface area contributed by atoms with Crippen LogP contribution in [0.2, 0.25) is 0 Å². The maximum atomic E-state index is 4.92. The third kappa shape index (κ3) is 3.04. The van der Waals surface area contributed by atoms with E-state index in [1.165, 1.54) is 18.4 Å². The Kier molecular flexibility index (Phi) is 3.80. The van der Waals surface area contributed by atoms with Gasteiger partial charge in [-0.15, -0.1) is 0 Å². The molecule has 148 valence electrons. The van der Waals surface area contributed by atoms with Crippen LogP contribution in [-0.2, 0) is 0 Å². The average Bonchev–Trinajstić information content (AvgIpc) is 3.36. The quantitative estimate of drug-likeness (QED) is 0.559. The summed E-state index contributed by atoms with van der Waals surface area (Å²) in [4.78, 5) is 19.9. The highest BCUT2D eigenvalue weighted by atomic mass is 15.2. The van der Waals surface area contributed by atoms with Crippen molar-refractivity contribution < 1.29 is 0 Å². The van der Waals surface area contributed by atoms with Crippen LogP contribution in [0.4, 0.5) is 5.95 Å². The highest BCUT2D eigenvalue weighted by Gasteiger charge is 2.27. The molecule has 2 fully saturated rings. The van der Waals surface area contributed by atoms with Crippen molar-refractivity contribution >= 4 is 22.6 Å². The molecule has 1 aliphatic heterocycles. The molecular weight excluding hydrogens is 364 g/mol. The minimum atomic E-state index is 0.435. The summed E-state index contributed by atoms with van der Waals surface area (Å²) in [6.07, 6.45) is 12.5. The van der Waals surface area contributed by atoms with E-state index in [2.05, 4.69) is 32.3 Å². The van der Waals surface area contributed by atoms with Crippen molar-refractivity contribution in [2.75, 3.05) is 25.5 Å². The maximum absolute atomic E-state index is 4.92. The molecule has 0 amide bonds. The monoisotopic (exact) mass is 388 g/mol. The molecule has 2 N–H and O–H groups in total. The number of piperidine rings is 1. The molecule has 4 aromatic heterocycles. The molecule has 5 heterocycles. The van der Waals surface area contributed by atoms with Crippen LogP contribution >= 0.6 is 0 Å². The Morgan fingerprint density at radius 3 is 2.79 bits per heavy atom. The van der Waals surface area contributed by atoms with Crippen molar-refractivity contribution in [3.8, 4) is 11.3 Å². The first kappa shape index (κ1) is 16.9. The van der Waals surface area contributed by atoms with Crippen LogP contribution in [0.15, 0.2) is 30.9 Å². The van der Waals surface area contributed by atoms with Gasteiger partial charge in [0.15, 0.2) is 5.65 Å². The van der Waals surface area contributed by atoms with Crippen LogP contribution in [0.1, 0.15) is 37.2 Å². The lowest BCUT2D eigenvalue weighted by molar-refractivity contribution is 0.263. The number of likely N-dealkylation sites (tertiary alicyclic amines) is 1. The summed E-state index contributed by atoms with van der Waals surface area (Å²) in [6.45, 7) is 2.22. The number of aromatic amines is 1. The molecule has 4 aromatic rings. The standard InChI is InChI=1S/C21H24N8/c1-28-7-4-14(5-8-28)25-21-23-11-17-16(10-22-19(17)27-21)18-6-9-29-20(26-18)15(12-24-29)13-2-3-13/h6,9-14H,2-5,7-8H2,1H3,(H2,22,23,25,27). The van der Waals surface area contributed by atoms with Gasteiger partial charge >= 0.3 is 0 Å². The van der Waals surface area contributed by atoms with Gasteiger partial charge in [-0.3, -0.25) is 0 Å². The lowest BCUT2D eigenvalue weighted by Crippen LogP contribution is -2.37. The van der Waals surface area contributed by atoms with Gasteiger partial charge in [0.2, 0.25) is 5.95 Å². The molecule has 0 bridgehead atoms. The molecule has 0 radical (unpaired) electrons. The normalized spacial score (nSPS) is 18.7. The zero-order valence-corrected chi connectivity index (χ0v) is 16.5. The molecule has 1 saturated heterocycles. The Morgan fingerprint density at radius 2 is 1.97 bits per heavy atom. The molecule has 1 aliphatic carbocycles. The number of aromatic nitrogens is 6. The third-order valence-electron chi connectivity index (χ3n) is 6.17. The summed E-state index contributed by atoms with van der Waals surface area (Å²) in [5.74, 6) is 1.31. The Labute approximate surface area is 168 Å². The van der Waals surface area contributed by atoms with Gasteiger partial charge in [0.05, 0.1) is 11.9 Å². The zero-order chi connectivity index (χ0) is 19.4. The average molecular weight is 388 g/mol. The second kappa shape index (κ2) is 6.52. The first-order valence-corrected chi connectivity index (χ1v) is 10.4. The lowest BCUT2D eigenvalue weighted by atomic mass is 10.1. The first-order valence-electron chi connectivity index (χ1n) is 10.4. The minimum absolute atomic E-state index is 0.435. The summed E-state index contributed by atoms with van der Waals surface area (Å²) in [7, 11) is 2.17. The number of hydrogen-bond donors (Lipinski definition) is 2. The van der Waals surface area contributed by atoms with Crippen molar-refractivity contribution in [1.29, 1.82) is 0 Å². The van der Waals surface area contributed by atoms with E-state index in [0.29, 0.717) is 17.9 Å². The van der Waals surface area contributed by atoms with Gasteiger partial charge in [-0.1, -0.05) is 0 Å². The summed E-state index contributed by atoms with van der Waals surface area (Å²) in [5.41, 5.74) is 5.00. The van der Waals surface area contributed by atoms with Crippen molar-refractivity contribution in [2.24, 2.45) is 0 Å². The second-order valence-corrected chi connectivity index (χ2v) is 8.34. The molecule has 8 nitrogen and oxygen atoms in total. The van der Waals surface area contributed by atoms with Crippen molar-refractivity contribution in [3.63, 3.8) is 0 Å². The number of nitrogens with zero attached hydrogens (tertiary/aromatic N) is 6. The number of rotatable bonds is 4. The van der Waals surface area contributed by atoms with Crippen molar-refractivity contribution in [1.82, 2.24) is 34.4 Å². The smallest absolute Gasteiger partial charge is 0.224 e. The molecule has 6 rings (SSSR count). The lowest BCUT2D eigenvalue weighted by Gasteiger charge is -2.29. The molecule has 1 saturated carbocycles. The fourth-order valence-corrected chi connectivity index (χ4v) is 4.24. The Balaban J connectivity index is 1.31. The molecule has 8 heteroatoms. The maximum Gasteiger partial charge on any atom is 0.224 e. The van der Waals surface area contributed by atoms with Crippen LogP contribution in [0, 0.1) is 0 Å². The summed E-state index contributed by atoms with van der Waals surface area (Å²) in [6, 6.07) is 2.44. The topological polar surface area (TPSA) is 87.0 Å². The molecule has 0 aromatic carbocycles. The van der Waals surface area contributed by atoms with E-state index in [9.17, 15) is 0 Å². The van der Waals surface area contributed by atoms with Crippen LogP contribution in [0.25, 0.3) is 27.9 Å². The fourth-order valence-electron chi connectivity index (χ4n) is 4.24. The van der Waals surface area contributed by atoms with E-state index in [0.717, 1.165) is 53.9 Å². The molecule has 0 atom stereocenters. The highest BCUT2D eigenvalue weighted by molar-refractivity contribution is 5.92. The Hall–Kier alpha value is -3.00. The van der Waals surface area contributed by atoms with E-state index < -0.39 is 0 Å². The molecule has 2 aliphatic rings. The van der Waals surface area contributed by atoms with E-state index in [4.69, 9.17) is 9.97 Å². The number of nitrogens with one attached hydrogen (secondary N) is 2. The van der Waals surface area contributed by atoms with E-state index in [-0.39, 0.29) is 0 Å². The predicted molar refractivity (Wildman–Crippen MR) is 112 cm³/mol. The molecule has 0 spiro atoms. The van der Waals surface area contributed by atoms with Gasteiger partial charge in [0.25, 0.3) is 0 Å². The Morgan fingerprint density at radius 1 is 1.10 bits per heavy atom. The Bertz CT molecular complexity index is 1180. The molecular formula is C21H24N8. The van der Waals surface area contributed by atoms with Crippen LogP contribution in [-0.4, -0.2) is 60.6 Å². The largest absolute Gasteiger partial charge is 0.351 e. The van der Waals surface area contributed by atoms with Crippen LogP contribution < -0.4 is 5.32 Å². The summed E-state index contributed by atoms with van der Waals surface area (Å²) >= 11 is 0. The SMILES string of the molecule is CN1CCC(Nc2ncc3c(-c4ccn5ncc(C6CC6)c5n4)c[nH]c3n2)CC1. The van der Waals surface area contributed by atoms with Crippen molar-refractivity contribution in [2.45, 2.75) is 37.6 Å². The third-order valence-corrected chi connectivity index (χ3v) is 6.17. The summed E-state index contributed by atoms with van der Waals surface area (Å²) in [5, 5.41) is 8.93. The minimum Gasteiger partial charge on any atom is -0.351 e. The highest BCUT2D eigenvalue weighted by Crippen LogP contribution is 2.41. The second-order valence-electron chi connectivity index (χ2n) is 8.34. The number of fused-ring (bicyclic) bond motifs is 2. The van der Waals surface area contributed by atoms with Gasteiger partial charge in [0.1, 0.15) is 5.65 Å². The van der Waals surface area contributed by atoms with Crippen LogP contribution in [0.5, 0.6) is 0 Å². The number of hydrogen-bond acceptors (Lipinski definition) is 6. The molecule has 0 unspecified atom stereocenters. The van der Waals surface area contributed by atoms with Gasteiger partial charge in [0, 0.05) is 41.1 Å². The van der Waals surface area contributed by atoms with E-state index in [1.54, 1.807) is 0 Å². The molecule has 29 heavy (non-hydrogen) atoms. The summed E-state index contributed by atoms with van der Waals surface area (Å²) < 4.78 is 1.87. The number of H-pyrrole nitrogens is 1. The van der Waals surface area contributed by atoms with Gasteiger partial charge in [-0.05, 0) is 57.8 Å².